The summed E-state index contributed by atoms with van der Waals surface area (Å²) in [4.78, 5) is 0. The summed E-state index contributed by atoms with van der Waals surface area (Å²) < 4.78 is 27.8. The lowest BCUT2D eigenvalue weighted by molar-refractivity contribution is 0.304. The van der Waals surface area contributed by atoms with E-state index in [1.165, 1.54) is 0 Å². The van der Waals surface area contributed by atoms with Crippen molar-refractivity contribution < 1.29 is 12.6 Å². The molecule has 2 aromatic rings. The molecule has 0 atom stereocenters. The van der Waals surface area contributed by atoms with Gasteiger partial charge in [0.05, 0.1) is 17.0 Å². The third-order valence-electron chi connectivity index (χ3n) is 2.43. The van der Waals surface area contributed by atoms with Gasteiger partial charge in [-0.05, 0) is 24.6 Å². The van der Waals surface area contributed by atoms with Gasteiger partial charge in [-0.3, -0.25) is 9.28 Å². The van der Waals surface area contributed by atoms with E-state index >= 15 is 0 Å². The number of hydrogen-bond donors (Lipinski definition) is 1. The highest BCUT2D eigenvalue weighted by atomic mass is 35.5. The Morgan fingerprint density at radius 2 is 2.22 bits per heavy atom. The van der Waals surface area contributed by atoms with Crippen LogP contribution in [0.3, 0.4) is 0 Å². The number of H-pyrrole nitrogens is 1. The van der Waals surface area contributed by atoms with Crippen LogP contribution in [0.4, 0.5) is 0 Å². The van der Waals surface area contributed by atoms with Crippen molar-refractivity contribution >= 4 is 32.6 Å². The van der Waals surface area contributed by atoms with Crippen molar-refractivity contribution in [3.8, 4) is 0 Å². The molecule has 0 saturated carbocycles. The lowest BCUT2D eigenvalue weighted by atomic mass is 10.2. The van der Waals surface area contributed by atoms with Crippen molar-refractivity contribution in [3.63, 3.8) is 0 Å². The lowest BCUT2D eigenvalue weighted by Gasteiger charge is -2.02. The zero-order valence-corrected chi connectivity index (χ0v) is 11.4. The van der Waals surface area contributed by atoms with Crippen LogP contribution < -0.4 is 0 Å². The molecule has 1 aromatic carbocycles. The first-order valence-corrected chi connectivity index (χ1v) is 7.47. The molecule has 0 spiro atoms. The molecule has 18 heavy (non-hydrogen) atoms. The Labute approximate surface area is 110 Å². The van der Waals surface area contributed by atoms with E-state index in [4.69, 9.17) is 15.8 Å². The van der Waals surface area contributed by atoms with Crippen molar-refractivity contribution in [1.82, 2.24) is 10.2 Å². The first-order valence-electron chi connectivity index (χ1n) is 5.51. The minimum absolute atomic E-state index is 0.0187. The maximum atomic E-state index is 11.4. The van der Waals surface area contributed by atoms with Crippen LogP contribution >= 0.6 is 11.6 Å². The molecular weight excluding hydrogens is 276 g/mol. The van der Waals surface area contributed by atoms with Crippen LogP contribution in [0.5, 0.6) is 0 Å². The van der Waals surface area contributed by atoms with Crippen LogP contribution in [0.1, 0.15) is 19.0 Å². The van der Waals surface area contributed by atoms with Gasteiger partial charge < -0.3 is 0 Å². The zero-order valence-electron chi connectivity index (χ0n) is 9.81. The Bertz CT molecular complexity index is 651. The summed E-state index contributed by atoms with van der Waals surface area (Å²) in [5.74, 6) is 0.0187. The maximum Gasteiger partial charge on any atom is 0.267 e. The van der Waals surface area contributed by atoms with Crippen LogP contribution in [0.2, 0.25) is 5.02 Å². The van der Waals surface area contributed by atoms with Crippen LogP contribution in [0, 0.1) is 0 Å². The molecule has 1 N–H and O–H groups in total. The van der Waals surface area contributed by atoms with E-state index < -0.39 is 10.1 Å². The number of nitrogens with one attached hydrogen (secondary N) is 1. The fraction of sp³-hybridized carbons (Fsp3) is 0.364. The van der Waals surface area contributed by atoms with Crippen molar-refractivity contribution in [2.45, 2.75) is 20.0 Å². The summed E-state index contributed by atoms with van der Waals surface area (Å²) in [6.07, 6.45) is 0.529. The normalized spacial score (nSPS) is 12.1. The quantitative estimate of drug-likeness (QED) is 0.858. The van der Waals surface area contributed by atoms with Crippen molar-refractivity contribution in [2.75, 3.05) is 5.75 Å². The second-order valence-electron chi connectivity index (χ2n) is 3.89. The SMILES string of the molecule is CCCS(=O)(=O)OCc1[nH]nc2cc(Cl)ccc12. The van der Waals surface area contributed by atoms with Crippen LogP contribution in [0.25, 0.3) is 10.9 Å². The predicted octanol–water partition coefficient (Wildman–Crippen LogP) is 2.47. The summed E-state index contributed by atoms with van der Waals surface area (Å²) in [5, 5.41) is 8.19. The Hall–Kier alpha value is -1.11. The molecule has 0 saturated heterocycles. The Morgan fingerprint density at radius 3 is 2.94 bits per heavy atom. The second-order valence-corrected chi connectivity index (χ2v) is 6.08. The van der Waals surface area contributed by atoms with Gasteiger partial charge in [-0.15, -0.1) is 0 Å². The molecule has 0 radical (unpaired) electrons. The molecule has 1 heterocycles. The summed E-state index contributed by atoms with van der Waals surface area (Å²) in [7, 11) is -3.46. The number of halogens is 1. The molecule has 0 aliphatic heterocycles. The van der Waals surface area contributed by atoms with E-state index in [2.05, 4.69) is 10.2 Å². The minimum atomic E-state index is -3.46. The van der Waals surface area contributed by atoms with Gasteiger partial charge in [-0.2, -0.15) is 13.5 Å². The van der Waals surface area contributed by atoms with E-state index in [-0.39, 0.29) is 12.4 Å². The number of benzene rings is 1. The van der Waals surface area contributed by atoms with Gasteiger partial charge in [-0.25, -0.2) is 0 Å². The molecule has 7 heteroatoms. The first kappa shape index (κ1) is 13.3. The van der Waals surface area contributed by atoms with E-state index in [0.717, 1.165) is 5.39 Å². The van der Waals surface area contributed by atoms with Gasteiger partial charge in [0.25, 0.3) is 10.1 Å². The Kier molecular flexibility index (Phi) is 3.89. The summed E-state index contributed by atoms with van der Waals surface area (Å²) in [6, 6.07) is 5.22. The average molecular weight is 289 g/mol. The average Bonchev–Trinajstić information content (AvgIpc) is 2.68. The first-order chi connectivity index (χ1) is 8.52. The fourth-order valence-corrected chi connectivity index (χ4v) is 2.69. The number of fused-ring (bicyclic) bond motifs is 1. The minimum Gasteiger partial charge on any atom is -0.279 e. The predicted molar refractivity (Wildman–Crippen MR) is 70.0 cm³/mol. The van der Waals surface area contributed by atoms with Gasteiger partial charge in [0.2, 0.25) is 0 Å². The van der Waals surface area contributed by atoms with E-state index in [0.29, 0.717) is 22.7 Å². The van der Waals surface area contributed by atoms with Gasteiger partial charge in [-0.1, -0.05) is 18.5 Å². The van der Waals surface area contributed by atoms with Crippen molar-refractivity contribution in [1.29, 1.82) is 0 Å². The standard InChI is InChI=1S/C11H13ClN2O3S/c1-2-5-18(15,16)17-7-11-9-4-3-8(12)6-10(9)13-14-11/h3-4,6H,2,5,7H2,1H3,(H,13,14). The topological polar surface area (TPSA) is 72.1 Å². The zero-order chi connectivity index (χ0) is 13.2. The number of aromatic amines is 1. The Morgan fingerprint density at radius 1 is 1.44 bits per heavy atom. The van der Waals surface area contributed by atoms with E-state index in [1.807, 2.05) is 0 Å². The van der Waals surface area contributed by atoms with Gasteiger partial charge in [0, 0.05) is 10.4 Å². The van der Waals surface area contributed by atoms with Crippen LogP contribution in [-0.2, 0) is 20.9 Å². The van der Waals surface area contributed by atoms with E-state index in [1.54, 1.807) is 25.1 Å². The number of hydrogen-bond acceptors (Lipinski definition) is 4. The van der Waals surface area contributed by atoms with Crippen molar-refractivity contribution in [2.24, 2.45) is 0 Å². The summed E-state index contributed by atoms with van der Waals surface area (Å²) in [6.45, 7) is 1.75. The third-order valence-corrected chi connectivity index (χ3v) is 4.05. The molecule has 0 bridgehead atoms. The fourth-order valence-electron chi connectivity index (χ4n) is 1.61. The maximum absolute atomic E-state index is 11.4. The van der Waals surface area contributed by atoms with Gasteiger partial charge in [0.1, 0.15) is 6.61 Å². The molecule has 5 nitrogen and oxygen atoms in total. The summed E-state index contributed by atoms with van der Waals surface area (Å²) >= 11 is 5.84. The molecule has 1 aromatic heterocycles. The third kappa shape index (κ3) is 3.01. The smallest absolute Gasteiger partial charge is 0.267 e. The van der Waals surface area contributed by atoms with Crippen LogP contribution in [-0.4, -0.2) is 24.4 Å². The summed E-state index contributed by atoms with van der Waals surface area (Å²) in [5.41, 5.74) is 1.32. The van der Waals surface area contributed by atoms with E-state index in [9.17, 15) is 8.42 Å². The van der Waals surface area contributed by atoms with Crippen molar-refractivity contribution in [3.05, 3.63) is 28.9 Å². The highest BCUT2D eigenvalue weighted by Crippen LogP contribution is 2.21. The molecule has 0 unspecified atom stereocenters. The molecule has 0 fully saturated rings. The monoisotopic (exact) mass is 288 g/mol. The molecule has 2 rings (SSSR count). The second kappa shape index (κ2) is 5.26. The number of rotatable bonds is 5. The largest absolute Gasteiger partial charge is 0.279 e. The molecule has 0 aliphatic carbocycles. The molecule has 0 amide bonds. The molecular formula is C11H13ClN2O3S. The Balaban J connectivity index is 2.18. The number of aromatic nitrogens is 2. The number of nitrogens with zero attached hydrogens (tertiary/aromatic N) is 1. The molecule has 98 valence electrons. The highest BCUT2D eigenvalue weighted by Gasteiger charge is 2.12. The van der Waals surface area contributed by atoms with Gasteiger partial charge in [0.15, 0.2) is 0 Å². The van der Waals surface area contributed by atoms with Gasteiger partial charge >= 0.3 is 0 Å². The lowest BCUT2D eigenvalue weighted by Crippen LogP contribution is -2.10. The molecule has 0 aliphatic rings. The highest BCUT2D eigenvalue weighted by molar-refractivity contribution is 7.86. The van der Waals surface area contributed by atoms with Crippen LogP contribution in [0.15, 0.2) is 18.2 Å².